The minimum Gasteiger partial charge on any atom is -0.465 e. The first-order chi connectivity index (χ1) is 8.55. The smallest absolute Gasteiger partial charge is 0.326 e. The SMILES string of the molecule is C#CCNC1(C(=O)OCC)CCOC(C(C)C)C1. The van der Waals surface area contributed by atoms with Crippen molar-refractivity contribution in [1.82, 2.24) is 5.32 Å². The lowest BCUT2D eigenvalue weighted by molar-refractivity contribution is -0.159. The molecule has 4 nitrogen and oxygen atoms in total. The summed E-state index contributed by atoms with van der Waals surface area (Å²) in [5.74, 6) is 2.67. The predicted molar refractivity (Wildman–Crippen MR) is 70.0 cm³/mol. The molecule has 0 saturated carbocycles. The van der Waals surface area contributed by atoms with Gasteiger partial charge in [-0.15, -0.1) is 6.42 Å². The van der Waals surface area contributed by atoms with E-state index in [9.17, 15) is 4.79 Å². The molecule has 1 aliphatic heterocycles. The number of rotatable bonds is 5. The maximum absolute atomic E-state index is 12.2. The van der Waals surface area contributed by atoms with Crippen molar-refractivity contribution in [1.29, 1.82) is 0 Å². The van der Waals surface area contributed by atoms with Gasteiger partial charge in [-0.1, -0.05) is 19.8 Å². The molecule has 1 fully saturated rings. The highest BCUT2D eigenvalue weighted by atomic mass is 16.5. The van der Waals surface area contributed by atoms with E-state index >= 15 is 0 Å². The van der Waals surface area contributed by atoms with Crippen LogP contribution in [0.5, 0.6) is 0 Å². The van der Waals surface area contributed by atoms with Crippen molar-refractivity contribution in [2.75, 3.05) is 19.8 Å². The number of esters is 1. The second-order valence-corrected chi connectivity index (χ2v) is 4.97. The van der Waals surface area contributed by atoms with Crippen LogP contribution in [0.15, 0.2) is 0 Å². The van der Waals surface area contributed by atoms with Crippen LogP contribution >= 0.6 is 0 Å². The van der Waals surface area contributed by atoms with Gasteiger partial charge in [-0.2, -0.15) is 0 Å². The normalized spacial score (nSPS) is 27.8. The molecule has 0 aromatic carbocycles. The van der Waals surface area contributed by atoms with Crippen molar-refractivity contribution in [2.24, 2.45) is 5.92 Å². The Morgan fingerprint density at radius 1 is 1.67 bits per heavy atom. The number of carbonyl (C=O) groups is 1. The quantitative estimate of drug-likeness (QED) is 0.593. The molecule has 4 heteroatoms. The highest BCUT2D eigenvalue weighted by molar-refractivity contribution is 5.81. The molecule has 0 aliphatic carbocycles. The first-order valence-corrected chi connectivity index (χ1v) is 6.53. The van der Waals surface area contributed by atoms with Crippen LogP contribution in [-0.4, -0.2) is 37.4 Å². The predicted octanol–water partition coefficient (Wildman–Crippen LogP) is 1.35. The minimum atomic E-state index is -0.685. The Hall–Kier alpha value is -1.05. The molecule has 0 aromatic rings. The van der Waals surface area contributed by atoms with E-state index in [0.717, 1.165) is 0 Å². The van der Waals surface area contributed by atoms with Crippen LogP contribution in [0.2, 0.25) is 0 Å². The van der Waals surface area contributed by atoms with Gasteiger partial charge in [0.2, 0.25) is 0 Å². The second-order valence-electron chi connectivity index (χ2n) is 4.97. The molecule has 0 spiro atoms. The summed E-state index contributed by atoms with van der Waals surface area (Å²) in [6.45, 7) is 7.29. The molecule has 0 amide bonds. The lowest BCUT2D eigenvalue weighted by atomic mass is 9.83. The van der Waals surface area contributed by atoms with Crippen LogP contribution in [-0.2, 0) is 14.3 Å². The van der Waals surface area contributed by atoms with E-state index in [1.165, 1.54) is 0 Å². The molecule has 1 aliphatic rings. The zero-order chi connectivity index (χ0) is 13.6. The fourth-order valence-corrected chi connectivity index (χ4v) is 2.22. The van der Waals surface area contributed by atoms with Gasteiger partial charge in [0, 0.05) is 13.0 Å². The van der Waals surface area contributed by atoms with Gasteiger partial charge in [0.1, 0.15) is 5.54 Å². The molecular weight excluding hydrogens is 230 g/mol. The zero-order valence-electron chi connectivity index (χ0n) is 11.5. The summed E-state index contributed by atoms with van der Waals surface area (Å²) in [6, 6.07) is 0. The van der Waals surface area contributed by atoms with E-state index in [1.54, 1.807) is 0 Å². The fraction of sp³-hybridized carbons (Fsp3) is 0.786. The Balaban J connectivity index is 2.82. The van der Waals surface area contributed by atoms with Crippen molar-refractivity contribution < 1.29 is 14.3 Å². The monoisotopic (exact) mass is 253 g/mol. The van der Waals surface area contributed by atoms with E-state index in [1.807, 2.05) is 6.92 Å². The minimum absolute atomic E-state index is 0.0634. The average molecular weight is 253 g/mol. The summed E-state index contributed by atoms with van der Waals surface area (Å²) in [5, 5.41) is 3.16. The largest absolute Gasteiger partial charge is 0.465 e. The molecule has 2 atom stereocenters. The Morgan fingerprint density at radius 2 is 2.39 bits per heavy atom. The van der Waals surface area contributed by atoms with Crippen LogP contribution in [0.25, 0.3) is 0 Å². The van der Waals surface area contributed by atoms with Gasteiger partial charge >= 0.3 is 5.97 Å². The van der Waals surface area contributed by atoms with E-state index in [-0.39, 0.29) is 12.1 Å². The van der Waals surface area contributed by atoms with Gasteiger partial charge in [-0.25, -0.2) is 0 Å². The van der Waals surface area contributed by atoms with Crippen molar-refractivity contribution in [3.63, 3.8) is 0 Å². The highest BCUT2D eigenvalue weighted by Gasteiger charge is 2.44. The van der Waals surface area contributed by atoms with E-state index in [0.29, 0.717) is 38.5 Å². The van der Waals surface area contributed by atoms with Gasteiger partial charge < -0.3 is 9.47 Å². The number of nitrogens with one attached hydrogen (secondary N) is 1. The molecule has 0 radical (unpaired) electrons. The van der Waals surface area contributed by atoms with Gasteiger partial charge in [-0.3, -0.25) is 10.1 Å². The summed E-state index contributed by atoms with van der Waals surface area (Å²) in [7, 11) is 0. The van der Waals surface area contributed by atoms with Crippen molar-refractivity contribution in [2.45, 2.75) is 45.3 Å². The lowest BCUT2D eigenvalue weighted by Gasteiger charge is -2.40. The van der Waals surface area contributed by atoms with E-state index in [2.05, 4.69) is 25.1 Å². The molecule has 1 saturated heterocycles. The number of carbonyl (C=O) groups excluding carboxylic acids is 1. The lowest BCUT2D eigenvalue weighted by Crippen LogP contribution is -2.58. The molecule has 1 rings (SSSR count). The third kappa shape index (κ3) is 3.47. The third-order valence-corrected chi connectivity index (χ3v) is 3.35. The molecule has 18 heavy (non-hydrogen) atoms. The van der Waals surface area contributed by atoms with Crippen molar-refractivity contribution in [3.8, 4) is 12.3 Å². The Morgan fingerprint density at radius 3 is 2.94 bits per heavy atom. The molecule has 2 unspecified atom stereocenters. The molecule has 102 valence electrons. The summed E-state index contributed by atoms with van der Waals surface area (Å²) in [6.07, 6.45) is 6.56. The highest BCUT2D eigenvalue weighted by Crippen LogP contribution is 2.29. The number of terminal acetylenes is 1. The molecular formula is C14H23NO3. The van der Waals surface area contributed by atoms with Gasteiger partial charge in [0.05, 0.1) is 19.3 Å². The number of hydrogen-bond donors (Lipinski definition) is 1. The van der Waals surface area contributed by atoms with Crippen molar-refractivity contribution in [3.05, 3.63) is 0 Å². The van der Waals surface area contributed by atoms with Crippen LogP contribution < -0.4 is 5.32 Å². The molecule has 0 aromatic heterocycles. The Bertz CT molecular complexity index is 321. The molecule has 1 heterocycles. The number of ether oxygens (including phenoxy) is 2. The summed E-state index contributed by atoms with van der Waals surface area (Å²) >= 11 is 0. The third-order valence-electron chi connectivity index (χ3n) is 3.35. The summed E-state index contributed by atoms with van der Waals surface area (Å²) in [4.78, 5) is 12.2. The maximum atomic E-state index is 12.2. The average Bonchev–Trinajstić information content (AvgIpc) is 2.37. The first-order valence-electron chi connectivity index (χ1n) is 6.53. The maximum Gasteiger partial charge on any atom is 0.326 e. The van der Waals surface area contributed by atoms with Gasteiger partial charge in [0.25, 0.3) is 0 Å². The molecule has 1 N–H and O–H groups in total. The van der Waals surface area contributed by atoms with Gasteiger partial charge in [-0.05, 0) is 19.3 Å². The summed E-state index contributed by atoms with van der Waals surface area (Å²) < 4.78 is 10.9. The topological polar surface area (TPSA) is 47.6 Å². The van der Waals surface area contributed by atoms with Crippen molar-refractivity contribution >= 4 is 5.97 Å². The Labute approximate surface area is 109 Å². The van der Waals surface area contributed by atoms with E-state index < -0.39 is 5.54 Å². The molecule has 0 bridgehead atoms. The Kier molecular flexibility index (Phi) is 5.64. The van der Waals surface area contributed by atoms with Crippen LogP contribution in [0.1, 0.15) is 33.6 Å². The van der Waals surface area contributed by atoms with Crippen LogP contribution in [0.4, 0.5) is 0 Å². The van der Waals surface area contributed by atoms with Gasteiger partial charge in [0.15, 0.2) is 0 Å². The van der Waals surface area contributed by atoms with Crippen LogP contribution in [0.3, 0.4) is 0 Å². The summed E-state index contributed by atoms with van der Waals surface area (Å²) in [5.41, 5.74) is -0.685. The fourth-order valence-electron chi connectivity index (χ4n) is 2.22. The van der Waals surface area contributed by atoms with E-state index in [4.69, 9.17) is 15.9 Å². The number of hydrogen-bond acceptors (Lipinski definition) is 4. The second kappa shape index (κ2) is 6.77. The zero-order valence-corrected chi connectivity index (χ0v) is 11.5. The standard InChI is InChI=1S/C14H23NO3/c1-5-8-15-14(13(16)17-6-2)7-9-18-12(10-14)11(3)4/h1,11-12,15H,6-10H2,2-4H3. The first kappa shape index (κ1) is 15.0. The van der Waals surface area contributed by atoms with Crippen LogP contribution in [0, 0.1) is 18.3 Å².